The summed E-state index contributed by atoms with van der Waals surface area (Å²) < 4.78 is 0. The zero-order valence-electron chi connectivity index (χ0n) is 15.8. The van der Waals surface area contributed by atoms with E-state index in [0.29, 0.717) is 26.7 Å². The largest absolute Gasteiger partial charge is 0.339 e. The molecule has 1 heterocycles. The number of carbonyl (C=O) groups excluding carboxylic acids is 3. The molecule has 3 aromatic rings. The number of hydrogen-bond donors (Lipinski definition) is 2. The molecule has 2 aromatic carbocycles. The summed E-state index contributed by atoms with van der Waals surface area (Å²) in [5.41, 5.74) is 1.61. The number of thioether (sulfide) groups is 1. The first-order chi connectivity index (χ1) is 13.9. The van der Waals surface area contributed by atoms with Crippen molar-refractivity contribution in [1.82, 2.24) is 4.90 Å². The van der Waals surface area contributed by atoms with Crippen molar-refractivity contribution < 1.29 is 14.4 Å². The van der Waals surface area contributed by atoms with E-state index in [2.05, 4.69) is 10.6 Å². The van der Waals surface area contributed by atoms with Crippen molar-refractivity contribution in [2.24, 2.45) is 0 Å². The first kappa shape index (κ1) is 20.6. The van der Waals surface area contributed by atoms with Crippen LogP contribution in [0.2, 0.25) is 0 Å². The normalized spacial score (nSPS) is 10.3. The molecule has 6 nitrogen and oxygen atoms in total. The van der Waals surface area contributed by atoms with E-state index in [-0.39, 0.29) is 17.1 Å². The molecule has 3 amide bonds. The van der Waals surface area contributed by atoms with Gasteiger partial charge in [0.2, 0.25) is 0 Å². The maximum atomic E-state index is 12.6. The number of thiophene rings is 1. The van der Waals surface area contributed by atoms with Crippen LogP contribution in [0.3, 0.4) is 0 Å². The summed E-state index contributed by atoms with van der Waals surface area (Å²) in [6, 6.07) is 17.3. The van der Waals surface area contributed by atoms with Crippen LogP contribution in [0.15, 0.2) is 70.9 Å². The number of carbonyl (C=O) groups is 3. The van der Waals surface area contributed by atoms with Gasteiger partial charge in [-0.05, 0) is 59.6 Å². The second kappa shape index (κ2) is 9.40. The van der Waals surface area contributed by atoms with E-state index in [1.165, 1.54) is 16.2 Å². The average molecular weight is 426 g/mol. The van der Waals surface area contributed by atoms with Crippen LogP contribution in [0.4, 0.5) is 16.2 Å². The Bertz CT molecular complexity index is 1020. The fourth-order valence-corrected chi connectivity index (χ4v) is 3.71. The summed E-state index contributed by atoms with van der Waals surface area (Å²) in [6.45, 7) is 0. The summed E-state index contributed by atoms with van der Waals surface area (Å²) in [5.74, 6) is -0.486. The third-order valence-electron chi connectivity index (χ3n) is 3.85. The molecule has 0 aliphatic rings. The highest BCUT2D eigenvalue weighted by atomic mass is 32.2. The number of nitrogens with one attached hydrogen (secondary N) is 2. The SMILES string of the molecule is CN(C)C(=O)Sc1ccccc1NC(=O)c1ccc(NC(=O)c2cccs2)cc1. The summed E-state index contributed by atoms with van der Waals surface area (Å²) in [4.78, 5) is 39.4. The molecule has 1 aromatic heterocycles. The van der Waals surface area contributed by atoms with Crippen LogP contribution in [0.1, 0.15) is 20.0 Å². The molecule has 0 saturated carbocycles. The van der Waals surface area contributed by atoms with Gasteiger partial charge in [0, 0.05) is 30.2 Å². The Labute approximate surface area is 176 Å². The molecule has 29 heavy (non-hydrogen) atoms. The quantitative estimate of drug-likeness (QED) is 0.562. The summed E-state index contributed by atoms with van der Waals surface area (Å²) >= 11 is 2.41. The Kier molecular flexibility index (Phi) is 6.69. The third kappa shape index (κ3) is 5.46. The lowest BCUT2D eigenvalue weighted by molar-refractivity contribution is 0.102. The van der Waals surface area contributed by atoms with Crippen molar-refractivity contribution in [1.29, 1.82) is 0 Å². The number of nitrogens with zero attached hydrogens (tertiary/aromatic N) is 1. The van der Waals surface area contributed by atoms with Crippen molar-refractivity contribution in [3.05, 3.63) is 76.5 Å². The number of hydrogen-bond acceptors (Lipinski definition) is 5. The van der Waals surface area contributed by atoms with Crippen molar-refractivity contribution in [2.45, 2.75) is 4.90 Å². The Morgan fingerprint density at radius 3 is 2.24 bits per heavy atom. The van der Waals surface area contributed by atoms with E-state index in [4.69, 9.17) is 0 Å². The number of para-hydroxylation sites is 1. The van der Waals surface area contributed by atoms with Gasteiger partial charge in [0.05, 0.1) is 10.6 Å². The number of benzene rings is 2. The standard InChI is InChI=1S/C21H19N3O3S2/c1-24(2)21(27)29-17-7-4-3-6-16(17)23-19(25)14-9-11-15(12-10-14)22-20(26)18-8-5-13-28-18/h3-13H,1-2H3,(H,22,26)(H,23,25). The minimum absolute atomic E-state index is 0.127. The first-order valence-corrected chi connectivity index (χ1v) is 10.4. The molecule has 0 fully saturated rings. The molecular weight excluding hydrogens is 406 g/mol. The van der Waals surface area contributed by atoms with Crippen LogP contribution in [-0.2, 0) is 0 Å². The van der Waals surface area contributed by atoms with Crippen molar-refractivity contribution in [2.75, 3.05) is 24.7 Å². The predicted molar refractivity (Wildman–Crippen MR) is 118 cm³/mol. The van der Waals surface area contributed by atoms with Gasteiger partial charge in [-0.15, -0.1) is 11.3 Å². The second-order valence-electron chi connectivity index (χ2n) is 6.22. The lowest BCUT2D eigenvalue weighted by atomic mass is 10.2. The Balaban J connectivity index is 1.67. The van der Waals surface area contributed by atoms with Gasteiger partial charge < -0.3 is 15.5 Å². The molecule has 0 aliphatic heterocycles. The van der Waals surface area contributed by atoms with Gasteiger partial charge in [0.15, 0.2) is 0 Å². The van der Waals surface area contributed by atoms with Gasteiger partial charge in [0.1, 0.15) is 0 Å². The van der Waals surface area contributed by atoms with Gasteiger partial charge >= 0.3 is 0 Å². The predicted octanol–water partition coefficient (Wildman–Crippen LogP) is 5.03. The van der Waals surface area contributed by atoms with Crippen LogP contribution < -0.4 is 10.6 Å². The molecule has 148 valence electrons. The highest BCUT2D eigenvalue weighted by Crippen LogP contribution is 2.29. The van der Waals surface area contributed by atoms with E-state index >= 15 is 0 Å². The van der Waals surface area contributed by atoms with Gasteiger partial charge in [-0.2, -0.15) is 0 Å². The molecule has 0 radical (unpaired) electrons. The summed E-state index contributed by atoms with van der Waals surface area (Å²) in [5, 5.41) is 7.34. The van der Waals surface area contributed by atoms with Gasteiger partial charge in [-0.25, -0.2) is 0 Å². The van der Waals surface area contributed by atoms with E-state index in [1.807, 2.05) is 17.5 Å². The molecule has 0 spiro atoms. The molecule has 0 bridgehead atoms. The topological polar surface area (TPSA) is 78.5 Å². The average Bonchev–Trinajstić information content (AvgIpc) is 3.25. The van der Waals surface area contributed by atoms with Crippen molar-refractivity contribution in [3.8, 4) is 0 Å². The Morgan fingerprint density at radius 1 is 0.862 bits per heavy atom. The van der Waals surface area contributed by atoms with E-state index in [9.17, 15) is 14.4 Å². The molecule has 0 saturated heterocycles. The molecule has 8 heteroatoms. The second-order valence-corrected chi connectivity index (χ2v) is 8.16. The van der Waals surface area contributed by atoms with Crippen LogP contribution >= 0.6 is 23.1 Å². The molecule has 3 rings (SSSR count). The lowest BCUT2D eigenvalue weighted by Crippen LogP contribution is -2.17. The number of rotatable bonds is 5. The van der Waals surface area contributed by atoms with E-state index in [1.54, 1.807) is 62.6 Å². The Morgan fingerprint density at radius 2 is 1.59 bits per heavy atom. The van der Waals surface area contributed by atoms with Gasteiger partial charge in [-0.1, -0.05) is 18.2 Å². The molecule has 0 aliphatic carbocycles. The fourth-order valence-electron chi connectivity index (χ4n) is 2.34. The fraction of sp³-hybridized carbons (Fsp3) is 0.0952. The molecular formula is C21H19N3O3S2. The maximum Gasteiger partial charge on any atom is 0.286 e. The smallest absolute Gasteiger partial charge is 0.286 e. The third-order valence-corrected chi connectivity index (χ3v) is 5.83. The van der Waals surface area contributed by atoms with Gasteiger partial charge in [0.25, 0.3) is 17.1 Å². The Hall–Kier alpha value is -3.10. The highest BCUT2D eigenvalue weighted by molar-refractivity contribution is 8.13. The monoisotopic (exact) mass is 425 g/mol. The van der Waals surface area contributed by atoms with E-state index < -0.39 is 0 Å². The van der Waals surface area contributed by atoms with Gasteiger partial charge in [-0.3, -0.25) is 14.4 Å². The van der Waals surface area contributed by atoms with Crippen molar-refractivity contribution in [3.63, 3.8) is 0 Å². The first-order valence-electron chi connectivity index (χ1n) is 8.68. The van der Waals surface area contributed by atoms with E-state index in [0.717, 1.165) is 11.8 Å². The number of anilines is 2. The zero-order chi connectivity index (χ0) is 20.8. The highest BCUT2D eigenvalue weighted by Gasteiger charge is 2.14. The minimum Gasteiger partial charge on any atom is -0.339 e. The van der Waals surface area contributed by atoms with Crippen LogP contribution in [0, 0.1) is 0 Å². The van der Waals surface area contributed by atoms with Crippen LogP contribution in [-0.4, -0.2) is 36.0 Å². The zero-order valence-corrected chi connectivity index (χ0v) is 17.5. The lowest BCUT2D eigenvalue weighted by Gasteiger charge is -2.13. The molecule has 0 unspecified atom stereocenters. The molecule has 2 N–H and O–H groups in total. The molecule has 0 atom stereocenters. The minimum atomic E-state index is -0.300. The maximum absolute atomic E-state index is 12.6. The summed E-state index contributed by atoms with van der Waals surface area (Å²) in [6.07, 6.45) is 0. The van der Waals surface area contributed by atoms with Crippen LogP contribution in [0.5, 0.6) is 0 Å². The summed E-state index contributed by atoms with van der Waals surface area (Å²) in [7, 11) is 3.35. The number of amides is 3. The van der Waals surface area contributed by atoms with Crippen LogP contribution in [0.25, 0.3) is 0 Å². The van der Waals surface area contributed by atoms with Crippen molar-refractivity contribution >= 4 is 51.5 Å².